The Balaban J connectivity index is 1.38. The fourth-order valence-corrected chi connectivity index (χ4v) is 5.27. The molecule has 2 aliphatic heterocycles. The maximum absolute atomic E-state index is 13.4. The number of fused-ring (bicyclic) bond motifs is 2. The summed E-state index contributed by atoms with van der Waals surface area (Å²) >= 11 is 6.37. The lowest BCUT2D eigenvalue weighted by molar-refractivity contribution is -0.110. The summed E-state index contributed by atoms with van der Waals surface area (Å²) in [7, 11) is 1.73. The molecule has 2 aromatic carbocycles. The van der Waals surface area contributed by atoms with E-state index in [1.54, 1.807) is 13.2 Å². The quantitative estimate of drug-likeness (QED) is 0.327. The number of hydrogen-bond donors (Lipinski definition) is 2. The number of imidazole rings is 1. The van der Waals surface area contributed by atoms with Crippen molar-refractivity contribution < 1.29 is 14.3 Å². The minimum Gasteiger partial charge on any atom is -0.474 e. The second kappa shape index (κ2) is 10.6. The van der Waals surface area contributed by atoms with Crippen LogP contribution < -0.4 is 10.1 Å². The van der Waals surface area contributed by atoms with Crippen molar-refractivity contribution in [1.29, 1.82) is 0 Å². The molecule has 38 heavy (non-hydrogen) atoms. The van der Waals surface area contributed by atoms with Crippen LogP contribution >= 0.6 is 11.6 Å². The number of benzene rings is 2. The number of aromatic nitrogens is 3. The van der Waals surface area contributed by atoms with Gasteiger partial charge in [-0.25, -0.2) is 9.97 Å². The van der Waals surface area contributed by atoms with Crippen LogP contribution in [-0.2, 0) is 9.53 Å². The number of pyridine rings is 1. The van der Waals surface area contributed by atoms with Crippen molar-refractivity contribution >= 4 is 45.4 Å². The zero-order chi connectivity index (χ0) is 26.1. The van der Waals surface area contributed by atoms with Gasteiger partial charge in [-0.3, -0.25) is 4.79 Å². The summed E-state index contributed by atoms with van der Waals surface area (Å²) in [6.07, 6.45) is 1.89. The highest BCUT2D eigenvalue weighted by Crippen LogP contribution is 2.40. The monoisotopic (exact) mass is 529 g/mol. The van der Waals surface area contributed by atoms with Crippen LogP contribution in [0.4, 0.5) is 5.69 Å². The molecule has 0 aliphatic carbocycles. The largest absolute Gasteiger partial charge is 0.474 e. The summed E-state index contributed by atoms with van der Waals surface area (Å²) in [6, 6.07) is 18.9. The van der Waals surface area contributed by atoms with Crippen molar-refractivity contribution in [1.82, 2.24) is 19.9 Å². The molecule has 2 aliphatic rings. The number of anilines is 1. The number of likely N-dealkylation sites (tertiary alicyclic amines) is 1. The molecule has 1 fully saturated rings. The van der Waals surface area contributed by atoms with Crippen LogP contribution in [0.3, 0.4) is 0 Å². The van der Waals surface area contributed by atoms with Crippen molar-refractivity contribution in [2.75, 3.05) is 38.7 Å². The second-order valence-electron chi connectivity index (χ2n) is 9.51. The van der Waals surface area contributed by atoms with E-state index >= 15 is 0 Å². The minimum absolute atomic E-state index is 0.0691. The van der Waals surface area contributed by atoms with E-state index in [4.69, 9.17) is 31.0 Å². The van der Waals surface area contributed by atoms with Crippen molar-refractivity contribution in [3.05, 3.63) is 82.8 Å². The zero-order valence-corrected chi connectivity index (χ0v) is 21.8. The van der Waals surface area contributed by atoms with E-state index < -0.39 is 0 Å². The molecule has 1 amide bonds. The summed E-state index contributed by atoms with van der Waals surface area (Å²) in [5.74, 6) is 0.831. The molecule has 2 aromatic heterocycles. The highest BCUT2D eigenvalue weighted by atomic mass is 35.5. The average molecular weight is 530 g/mol. The lowest BCUT2D eigenvalue weighted by Crippen LogP contribution is -2.39. The maximum atomic E-state index is 13.4. The van der Waals surface area contributed by atoms with Gasteiger partial charge >= 0.3 is 0 Å². The number of methoxy groups -OCH3 is 1. The average Bonchev–Trinajstić information content (AvgIpc) is 3.49. The van der Waals surface area contributed by atoms with Crippen molar-refractivity contribution in [2.24, 2.45) is 0 Å². The van der Waals surface area contributed by atoms with Crippen LogP contribution in [0.15, 0.2) is 60.7 Å². The predicted octanol–water partition coefficient (Wildman–Crippen LogP) is 5.01. The van der Waals surface area contributed by atoms with E-state index in [9.17, 15) is 4.79 Å². The van der Waals surface area contributed by atoms with Gasteiger partial charge in [-0.1, -0.05) is 35.9 Å². The Morgan fingerprint density at radius 3 is 2.71 bits per heavy atom. The van der Waals surface area contributed by atoms with Crippen molar-refractivity contribution in [2.45, 2.75) is 18.9 Å². The summed E-state index contributed by atoms with van der Waals surface area (Å²) in [6.45, 7) is 3.56. The smallest absolute Gasteiger partial charge is 0.258 e. The molecule has 0 radical (unpaired) electrons. The summed E-state index contributed by atoms with van der Waals surface area (Å²) < 4.78 is 11.5. The fourth-order valence-electron chi connectivity index (χ4n) is 5.08. The van der Waals surface area contributed by atoms with Crippen LogP contribution in [0, 0.1) is 0 Å². The Kier molecular flexibility index (Phi) is 6.84. The lowest BCUT2D eigenvalue weighted by Gasteiger charge is -2.31. The number of aromatic amines is 1. The number of H-pyrrole nitrogens is 1. The first-order chi connectivity index (χ1) is 18.6. The predicted molar refractivity (Wildman–Crippen MR) is 148 cm³/mol. The van der Waals surface area contributed by atoms with Gasteiger partial charge in [-0.2, -0.15) is 0 Å². The highest BCUT2D eigenvalue weighted by molar-refractivity contribution is 6.37. The molecule has 0 saturated carbocycles. The molecule has 194 valence electrons. The van der Waals surface area contributed by atoms with Gasteiger partial charge in [0.25, 0.3) is 5.91 Å². The van der Waals surface area contributed by atoms with Crippen LogP contribution in [0.25, 0.3) is 22.2 Å². The van der Waals surface area contributed by atoms with E-state index in [1.165, 1.54) is 0 Å². The van der Waals surface area contributed by atoms with Gasteiger partial charge in [-0.05, 0) is 48.7 Å². The number of ether oxygens (including phenoxy) is 2. The number of halogens is 1. The van der Waals surface area contributed by atoms with E-state index in [2.05, 4.69) is 15.2 Å². The molecule has 4 heterocycles. The van der Waals surface area contributed by atoms with Crippen LogP contribution in [-0.4, -0.2) is 65.2 Å². The zero-order valence-electron chi connectivity index (χ0n) is 21.0. The van der Waals surface area contributed by atoms with Gasteiger partial charge < -0.3 is 24.7 Å². The molecule has 6 rings (SSSR count). The molecule has 8 nitrogen and oxygen atoms in total. The Labute approximate surface area is 225 Å². The number of rotatable bonds is 7. The first-order valence-electron chi connectivity index (χ1n) is 12.7. The van der Waals surface area contributed by atoms with Crippen molar-refractivity contribution in [3.63, 3.8) is 0 Å². The third kappa shape index (κ3) is 4.90. The third-order valence-electron chi connectivity index (χ3n) is 7.00. The molecule has 2 N–H and O–H groups in total. The number of hydrogen-bond acceptors (Lipinski definition) is 6. The maximum Gasteiger partial charge on any atom is 0.258 e. The SMILES string of the molecule is COCCN1CCC(Oc2ccc3c(n2)/C(=C(/c2cccc(Cl)c2)c2nc4ccccc4[nH]2)C(=O)N3)CC1. The first-order valence-corrected chi connectivity index (χ1v) is 13.1. The lowest BCUT2D eigenvalue weighted by atomic mass is 9.97. The van der Waals surface area contributed by atoms with Gasteiger partial charge in [0.05, 0.1) is 28.9 Å². The number of nitrogens with zero attached hydrogens (tertiary/aromatic N) is 3. The molecule has 4 aromatic rings. The number of carbonyl (C=O) groups excluding carboxylic acids is 1. The highest BCUT2D eigenvalue weighted by Gasteiger charge is 2.32. The number of nitrogens with one attached hydrogen (secondary N) is 2. The molecule has 0 atom stereocenters. The topological polar surface area (TPSA) is 92.4 Å². The van der Waals surface area contributed by atoms with Gasteiger partial charge in [0.1, 0.15) is 17.6 Å². The summed E-state index contributed by atoms with van der Waals surface area (Å²) in [5, 5.41) is 3.53. The normalized spacial score (nSPS) is 17.5. The first kappa shape index (κ1) is 24.6. The summed E-state index contributed by atoms with van der Waals surface area (Å²) in [5.41, 5.74) is 4.71. The standard InChI is InChI=1S/C29H28ClN5O3/c1-37-16-15-35-13-11-20(12-14-35)38-24-10-9-23-27(34-24)26(29(36)33-23)25(18-5-4-6-19(30)17-18)28-31-21-7-2-3-8-22(21)32-28/h2-10,17,20H,11-16H2,1H3,(H,31,32)(H,33,36)/b26-25+. The molecular formula is C29H28ClN5O3. The summed E-state index contributed by atoms with van der Waals surface area (Å²) in [4.78, 5) is 28.8. The Morgan fingerprint density at radius 2 is 1.92 bits per heavy atom. The van der Waals surface area contributed by atoms with E-state index in [-0.39, 0.29) is 12.0 Å². The molecule has 0 bridgehead atoms. The van der Waals surface area contributed by atoms with Crippen LogP contribution in [0.2, 0.25) is 5.02 Å². The van der Waals surface area contributed by atoms with Gasteiger partial charge in [0.2, 0.25) is 5.88 Å². The third-order valence-corrected chi connectivity index (χ3v) is 7.24. The molecule has 1 saturated heterocycles. The van der Waals surface area contributed by atoms with Gasteiger partial charge in [0, 0.05) is 43.4 Å². The van der Waals surface area contributed by atoms with Gasteiger partial charge in [0.15, 0.2) is 0 Å². The fraction of sp³-hybridized carbons (Fsp3) is 0.276. The Bertz CT molecular complexity index is 1490. The van der Waals surface area contributed by atoms with Crippen LogP contribution in [0.5, 0.6) is 5.88 Å². The molecule has 9 heteroatoms. The Hall–Kier alpha value is -3.72. The molecule has 0 spiro atoms. The molecular weight excluding hydrogens is 502 g/mol. The van der Waals surface area contributed by atoms with Crippen molar-refractivity contribution in [3.8, 4) is 5.88 Å². The second-order valence-corrected chi connectivity index (χ2v) is 9.95. The molecule has 0 unspecified atom stereocenters. The van der Waals surface area contributed by atoms with E-state index in [1.807, 2.05) is 54.6 Å². The number of carbonyl (C=O) groups is 1. The Morgan fingerprint density at radius 1 is 1.08 bits per heavy atom. The number of amides is 1. The number of piperidine rings is 1. The number of para-hydroxylation sites is 2. The van der Waals surface area contributed by atoms with E-state index in [0.717, 1.165) is 55.7 Å². The van der Waals surface area contributed by atoms with E-state index in [0.29, 0.717) is 39.3 Å². The van der Waals surface area contributed by atoms with Gasteiger partial charge in [-0.15, -0.1) is 0 Å². The van der Waals surface area contributed by atoms with Crippen LogP contribution in [0.1, 0.15) is 29.9 Å². The minimum atomic E-state index is -0.244.